The summed E-state index contributed by atoms with van der Waals surface area (Å²) in [6.45, 7) is 0.789. The van der Waals surface area contributed by atoms with Crippen LogP contribution in [-0.2, 0) is 0 Å². The molecule has 1 aromatic carbocycles. The van der Waals surface area contributed by atoms with E-state index < -0.39 is 6.36 Å². The minimum atomic E-state index is -4.77. The number of hydrogen-bond donors (Lipinski definition) is 2. The van der Waals surface area contributed by atoms with Crippen LogP contribution in [0.25, 0.3) is 11.2 Å². The lowest BCUT2D eigenvalue weighted by Crippen LogP contribution is -2.34. The predicted octanol–water partition coefficient (Wildman–Crippen LogP) is 4.28. The molecule has 1 unspecified atom stereocenters. The van der Waals surface area contributed by atoms with Crippen LogP contribution in [0, 0.1) is 0 Å². The van der Waals surface area contributed by atoms with E-state index in [-0.39, 0.29) is 22.9 Å². The van der Waals surface area contributed by atoms with Gasteiger partial charge in [-0.15, -0.1) is 18.3 Å². The molecule has 2 N–H and O–H groups in total. The number of aliphatic hydroxyl groups excluding tert-OH is 1. The maximum absolute atomic E-state index is 12.5. The summed E-state index contributed by atoms with van der Waals surface area (Å²) in [5.41, 5.74) is 1.33. The monoisotopic (exact) mass is 537 g/mol. The zero-order valence-electron chi connectivity index (χ0n) is 17.6. The van der Waals surface area contributed by atoms with Crippen molar-refractivity contribution >= 4 is 39.0 Å². The molecule has 13 heteroatoms. The molecule has 9 nitrogen and oxygen atoms in total. The highest BCUT2D eigenvalue weighted by Crippen LogP contribution is 2.32. The Morgan fingerprint density at radius 1 is 1.26 bits per heavy atom. The highest BCUT2D eigenvalue weighted by Gasteiger charge is 2.32. The van der Waals surface area contributed by atoms with E-state index in [1.165, 1.54) is 24.5 Å². The number of imidazole rings is 1. The Kier molecular flexibility index (Phi) is 5.81. The minimum absolute atomic E-state index is 0.0252. The fourth-order valence-corrected chi connectivity index (χ4v) is 4.38. The van der Waals surface area contributed by atoms with Crippen molar-refractivity contribution in [3.63, 3.8) is 0 Å². The largest absolute Gasteiger partial charge is 0.573 e. The van der Waals surface area contributed by atoms with Crippen LogP contribution in [0.5, 0.6) is 5.75 Å². The van der Waals surface area contributed by atoms with Crippen molar-refractivity contribution < 1.29 is 23.0 Å². The van der Waals surface area contributed by atoms with Crippen LogP contribution in [0.15, 0.2) is 53.5 Å². The minimum Gasteiger partial charge on any atom is -0.405 e. The van der Waals surface area contributed by atoms with Gasteiger partial charge in [0, 0.05) is 18.4 Å². The molecular formula is C21H19BrF3N7O2. The molecule has 0 saturated carbocycles. The van der Waals surface area contributed by atoms with Gasteiger partial charge >= 0.3 is 6.36 Å². The molecule has 1 fully saturated rings. The topological polar surface area (TPSA) is 92.7 Å². The quantitative estimate of drug-likeness (QED) is 0.379. The second-order valence-electron chi connectivity index (χ2n) is 7.72. The lowest BCUT2D eigenvalue weighted by molar-refractivity contribution is -0.274. The molecule has 0 radical (unpaired) electrons. The summed E-state index contributed by atoms with van der Waals surface area (Å²) in [4.78, 5) is 11.0. The summed E-state index contributed by atoms with van der Waals surface area (Å²) in [6, 6.07) is 7.92. The van der Waals surface area contributed by atoms with Gasteiger partial charge in [-0.2, -0.15) is 4.98 Å². The first-order chi connectivity index (χ1) is 16.3. The van der Waals surface area contributed by atoms with E-state index in [0.717, 1.165) is 24.9 Å². The summed E-state index contributed by atoms with van der Waals surface area (Å²) in [5.74, 6) is 1.20. The van der Waals surface area contributed by atoms with Gasteiger partial charge in [-0.25, -0.2) is 9.50 Å². The molecule has 3 aromatic heterocycles. The molecule has 0 amide bonds. The Morgan fingerprint density at radius 3 is 2.88 bits per heavy atom. The van der Waals surface area contributed by atoms with E-state index in [1.807, 2.05) is 23.2 Å². The zero-order valence-corrected chi connectivity index (χ0v) is 19.2. The Labute approximate surface area is 199 Å². The maximum atomic E-state index is 12.5. The molecule has 0 aliphatic carbocycles. The van der Waals surface area contributed by atoms with Gasteiger partial charge in [-0.1, -0.05) is 0 Å². The maximum Gasteiger partial charge on any atom is 0.573 e. The number of halogens is 4. The van der Waals surface area contributed by atoms with Crippen LogP contribution in [0.1, 0.15) is 12.8 Å². The first-order valence-corrected chi connectivity index (χ1v) is 11.2. The van der Waals surface area contributed by atoms with Crippen molar-refractivity contribution in [2.75, 3.05) is 23.4 Å². The normalized spacial score (nSPS) is 16.4. The molecule has 4 heterocycles. The van der Waals surface area contributed by atoms with Crippen LogP contribution in [0.2, 0.25) is 0 Å². The van der Waals surface area contributed by atoms with Crippen molar-refractivity contribution in [2.24, 2.45) is 0 Å². The van der Waals surface area contributed by atoms with Crippen molar-refractivity contribution in [1.29, 1.82) is 0 Å². The fourth-order valence-electron chi connectivity index (χ4n) is 3.93. The van der Waals surface area contributed by atoms with Gasteiger partial charge in [-0.05, 0) is 59.1 Å². The molecule has 4 aromatic rings. The Bertz CT molecular complexity index is 1320. The Hall–Kier alpha value is -3.32. The lowest BCUT2D eigenvalue weighted by Gasteiger charge is -2.23. The number of benzene rings is 1. The van der Waals surface area contributed by atoms with Gasteiger partial charge in [0.15, 0.2) is 5.82 Å². The van der Waals surface area contributed by atoms with Crippen LogP contribution in [0.3, 0.4) is 0 Å². The molecule has 1 atom stereocenters. The molecule has 1 saturated heterocycles. The lowest BCUT2D eigenvalue weighted by atomic mass is 10.2. The van der Waals surface area contributed by atoms with Crippen molar-refractivity contribution in [2.45, 2.75) is 25.2 Å². The number of nitrogens with one attached hydrogen (secondary N) is 1. The number of ether oxygens (including phenoxy) is 1. The summed E-state index contributed by atoms with van der Waals surface area (Å²) in [6.07, 6.45) is 2.10. The third-order valence-electron chi connectivity index (χ3n) is 5.49. The van der Waals surface area contributed by atoms with Gasteiger partial charge in [0.05, 0.1) is 23.3 Å². The molecule has 1 aliphatic heterocycles. The average molecular weight is 538 g/mol. The van der Waals surface area contributed by atoms with Crippen LogP contribution >= 0.6 is 15.9 Å². The number of rotatable bonds is 6. The second-order valence-corrected chi connectivity index (χ2v) is 8.58. The fraction of sp³-hybridized carbons (Fsp3) is 0.286. The number of aromatic nitrogens is 5. The molecular weight excluding hydrogens is 519 g/mol. The number of alkyl halides is 3. The summed E-state index contributed by atoms with van der Waals surface area (Å²) in [7, 11) is 0. The molecule has 5 rings (SSSR count). The van der Waals surface area contributed by atoms with E-state index in [4.69, 9.17) is 0 Å². The second kappa shape index (κ2) is 8.80. The SMILES string of the molecule is OCC1CCCN1c1nc(Nc2cn(-c3ccc(OC(F)(F)F)c(Br)c3)cn2)c2cccn2n1. The van der Waals surface area contributed by atoms with Gasteiger partial charge in [0.1, 0.15) is 23.4 Å². The van der Waals surface area contributed by atoms with Crippen LogP contribution in [0.4, 0.5) is 30.8 Å². The zero-order chi connectivity index (χ0) is 23.9. The molecule has 1 aliphatic rings. The number of nitrogens with zero attached hydrogens (tertiary/aromatic N) is 6. The average Bonchev–Trinajstić information content (AvgIpc) is 3.54. The molecule has 0 spiro atoms. The smallest absolute Gasteiger partial charge is 0.405 e. The summed E-state index contributed by atoms with van der Waals surface area (Å²) < 4.78 is 45.1. The Balaban J connectivity index is 1.41. The third kappa shape index (κ3) is 4.53. The first-order valence-electron chi connectivity index (χ1n) is 10.4. The van der Waals surface area contributed by atoms with Gasteiger partial charge < -0.3 is 24.6 Å². The predicted molar refractivity (Wildman–Crippen MR) is 122 cm³/mol. The number of aliphatic hydroxyl groups is 1. The number of fused-ring (bicyclic) bond motifs is 1. The highest BCUT2D eigenvalue weighted by molar-refractivity contribution is 9.10. The first kappa shape index (κ1) is 22.5. The summed E-state index contributed by atoms with van der Waals surface area (Å²) in [5, 5.41) is 17.4. The van der Waals surface area contributed by atoms with E-state index in [0.29, 0.717) is 23.3 Å². The number of anilines is 3. The van der Waals surface area contributed by atoms with Gasteiger partial charge in [0.25, 0.3) is 0 Å². The molecule has 178 valence electrons. The van der Waals surface area contributed by atoms with Crippen molar-refractivity contribution in [1.82, 2.24) is 24.1 Å². The van der Waals surface area contributed by atoms with Gasteiger partial charge in [-0.3, -0.25) is 0 Å². The Morgan fingerprint density at radius 2 is 2.12 bits per heavy atom. The summed E-state index contributed by atoms with van der Waals surface area (Å²) >= 11 is 3.11. The molecule has 0 bridgehead atoms. The van der Waals surface area contributed by atoms with E-state index in [2.05, 4.69) is 41.1 Å². The van der Waals surface area contributed by atoms with E-state index in [1.54, 1.807) is 15.3 Å². The van der Waals surface area contributed by atoms with Crippen LogP contribution < -0.4 is 15.0 Å². The number of hydrogen-bond acceptors (Lipinski definition) is 7. The standard InChI is InChI=1S/C21H19BrF3N7O2/c22-15-9-13(5-6-17(15)34-21(23,24)25)30-10-18(26-12-30)27-19-16-4-2-8-32(16)29-20(28-19)31-7-1-3-14(31)11-33/h2,4-6,8-10,12,14,33H,1,3,7,11H2,(H,27,28,29). The van der Waals surface area contributed by atoms with Gasteiger partial charge in [0.2, 0.25) is 5.95 Å². The van der Waals surface area contributed by atoms with E-state index >= 15 is 0 Å². The van der Waals surface area contributed by atoms with Crippen LogP contribution in [-0.4, -0.2) is 54.8 Å². The van der Waals surface area contributed by atoms with Crippen molar-refractivity contribution in [3.8, 4) is 11.4 Å². The van der Waals surface area contributed by atoms with Crippen molar-refractivity contribution in [3.05, 3.63) is 53.5 Å². The third-order valence-corrected chi connectivity index (χ3v) is 6.11. The highest BCUT2D eigenvalue weighted by atomic mass is 79.9. The van der Waals surface area contributed by atoms with E-state index in [9.17, 15) is 18.3 Å². The molecule has 34 heavy (non-hydrogen) atoms.